The molecule has 6 nitrogen and oxygen atoms in total. The summed E-state index contributed by atoms with van der Waals surface area (Å²) >= 11 is 0. The van der Waals surface area contributed by atoms with E-state index in [2.05, 4.69) is 20.3 Å². The Hall–Kier alpha value is -2.50. The first-order chi connectivity index (χ1) is 8.26. The Bertz CT molecular complexity index is 722. The van der Waals surface area contributed by atoms with Gasteiger partial charge in [-0.25, -0.2) is 9.78 Å². The fraction of sp³-hybridized carbons (Fsp3) is 0.0909. The van der Waals surface area contributed by atoms with E-state index in [-0.39, 0.29) is 0 Å². The van der Waals surface area contributed by atoms with Crippen LogP contribution >= 0.6 is 0 Å². The second-order valence-corrected chi connectivity index (χ2v) is 3.62. The largest absolute Gasteiger partial charge is 0.417 e. The number of imidazole rings is 1. The van der Waals surface area contributed by atoms with E-state index in [0.29, 0.717) is 17.0 Å². The van der Waals surface area contributed by atoms with Crippen LogP contribution < -0.4 is 11.1 Å². The number of anilines is 1. The molecule has 3 aromatic rings. The Morgan fingerprint density at radius 2 is 2.24 bits per heavy atom. The van der Waals surface area contributed by atoms with E-state index >= 15 is 0 Å². The number of benzene rings is 1. The molecule has 17 heavy (non-hydrogen) atoms. The van der Waals surface area contributed by atoms with Crippen molar-refractivity contribution in [1.82, 2.24) is 15.0 Å². The molecule has 0 aliphatic carbocycles. The van der Waals surface area contributed by atoms with Crippen molar-refractivity contribution in [2.75, 3.05) is 12.4 Å². The number of hydrogen-bond donors (Lipinski definition) is 3. The van der Waals surface area contributed by atoms with Gasteiger partial charge in [0.05, 0.1) is 17.4 Å². The van der Waals surface area contributed by atoms with Crippen LogP contribution in [0.4, 0.5) is 5.95 Å². The Kier molecular flexibility index (Phi) is 2.01. The Morgan fingerprint density at radius 3 is 3.00 bits per heavy atom. The van der Waals surface area contributed by atoms with Gasteiger partial charge in [-0.2, -0.15) is 0 Å². The second kappa shape index (κ2) is 3.51. The van der Waals surface area contributed by atoms with Crippen LogP contribution in [0.25, 0.3) is 22.4 Å². The third-order valence-corrected chi connectivity index (χ3v) is 2.54. The molecule has 0 unspecified atom stereocenters. The molecule has 2 aromatic heterocycles. The number of aromatic amines is 2. The van der Waals surface area contributed by atoms with Crippen molar-refractivity contribution in [3.05, 3.63) is 34.9 Å². The molecule has 3 N–H and O–H groups in total. The molecule has 0 bridgehead atoms. The van der Waals surface area contributed by atoms with Crippen LogP contribution in [-0.2, 0) is 0 Å². The summed E-state index contributed by atoms with van der Waals surface area (Å²) in [6.07, 6.45) is 1.72. The molecule has 86 valence electrons. The predicted octanol–water partition coefficient (Wildman–Crippen LogP) is 1.55. The molecule has 0 fully saturated rings. The highest BCUT2D eigenvalue weighted by molar-refractivity contribution is 5.79. The third kappa shape index (κ3) is 1.59. The maximum Gasteiger partial charge on any atom is 0.417 e. The van der Waals surface area contributed by atoms with Crippen molar-refractivity contribution in [2.24, 2.45) is 0 Å². The van der Waals surface area contributed by atoms with E-state index in [9.17, 15) is 4.79 Å². The lowest BCUT2D eigenvalue weighted by Gasteiger charge is -1.96. The van der Waals surface area contributed by atoms with E-state index in [4.69, 9.17) is 4.42 Å². The molecule has 1 aromatic carbocycles. The zero-order valence-corrected chi connectivity index (χ0v) is 9.07. The normalized spacial score (nSPS) is 10.9. The van der Waals surface area contributed by atoms with Crippen LogP contribution in [0.1, 0.15) is 0 Å². The van der Waals surface area contributed by atoms with Gasteiger partial charge in [-0.05, 0) is 12.1 Å². The number of oxazole rings is 1. The standard InChI is InChI=1S/C11H10N4O2/c1-12-10-13-5-8(14-10)6-2-3-7-9(4-6)17-11(16)15-7/h2-5H,1H3,(H,15,16)(H2,12,13,14). The van der Waals surface area contributed by atoms with Crippen molar-refractivity contribution in [1.29, 1.82) is 0 Å². The first-order valence-corrected chi connectivity index (χ1v) is 5.12. The van der Waals surface area contributed by atoms with Gasteiger partial charge >= 0.3 is 5.76 Å². The molecule has 0 aliphatic heterocycles. The van der Waals surface area contributed by atoms with Gasteiger partial charge < -0.3 is 14.7 Å². The molecular formula is C11H10N4O2. The summed E-state index contributed by atoms with van der Waals surface area (Å²) in [5.74, 6) is 0.244. The molecule has 0 atom stereocenters. The van der Waals surface area contributed by atoms with E-state index in [1.807, 2.05) is 6.07 Å². The molecule has 6 heteroatoms. The monoisotopic (exact) mass is 230 g/mol. The topological polar surface area (TPSA) is 86.7 Å². The second-order valence-electron chi connectivity index (χ2n) is 3.62. The molecule has 0 radical (unpaired) electrons. The molecule has 0 saturated carbocycles. The van der Waals surface area contributed by atoms with Gasteiger partial charge in [0.25, 0.3) is 0 Å². The molecule has 0 aliphatic rings. The zero-order valence-electron chi connectivity index (χ0n) is 9.07. The van der Waals surface area contributed by atoms with Crippen LogP contribution in [0.5, 0.6) is 0 Å². The summed E-state index contributed by atoms with van der Waals surface area (Å²) in [5, 5.41) is 2.91. The average molecular weight is 230 g/mol. The number of rotatable bonds is 2. The number of nitrogens with zero attached hydrogens (tertiary/aromatic N) is 1. The summed E-state index contributed by atoms with van der Waals surface area (Å²) in [5.41, 5.74) is 2.99. The van der Waals surface area contributed by atoms with Crippen LogP contribution in [0.15, 0.2) is 33.6 Å². The molecule has 3 rings (SSSR count). The van der Waals surface area contributed by atoms with Crippen molar-refractivity contribution < 1.29 is 4.42 Å². The predicted molar refractivity (Wildman–Crippen MR) is 64.0 cm³/mol. The number of hydrogen-bond acceptors (Lipinski definition) is 4. The van der Waals surface area contributed by atoms with Crippen molar-refractivity contribution in [2.45, 2.75) is 0 Å². The summed E-state index contributed by atoms with van der Waals surface area (Å²) < 4.78 is 5.00. The summed E-state index contributed by atoms with van der Waals surface area (Å²) in [6, 6.07) is 5.48. The van der Waals surface area contributed by atoms with Gasteiger partial charge in [0, 0.05) is 12.6 Å². The number of nitrogens with one attached hydrogen (secondary N) is 3. The summed E-state index contributed by atoms with van der Waals surface area (Å²) in [6.45, 7) is 0. The Labute approximate surface area is 95.7 Å². The van der Waals surface area contributed by atoms with Crippen molar-refractivity contribution in [3.8, 4) is 11.3 Å². The first kappa shape index (κ1) is 9.71. The number of fused-ring (bicyclic) bond motifs is 1. The maximum atomic E-state index is 11.0. The van der Waals surface area contributed by atoms with Crippen molar-refractivity contribution >= 4 is 17.0 Å². The molecule has 2 heterocycles. The van der Waals surface area contributed by atoms with E-state index in [0.717, 1.165) is 11.3 Å². The maximum absolute atomic E-state index is 11.0. The van der Waals surface area contributed by atoms with Crippen LogP contribution in [-0.4, -0.2) is 22.0 Å². The molecule has 0 amide bonds. The highest BCUT2D eigenvalue weighted by atomic mass is 16.4. The molecule has 0 saturated heterocycles. The molecule has 0 spiro atoms. The average Bonchev–Trinajstić information content (AvgIpc) is 2.92. The van der Waals surface area contributed by atoms with E-state index in [1.54, 1.807) is 25.4 Å². The van der Waals surface area contributed by atoms with Crippen LogP contribution in [0, 0.1) is 0 Å². The quantitative estimate of drug-likeness (QED) is 0.623. The van der Waals surface area contributed by atoms with Gasteiger partial charge in [-0.1, -0.05) is 6.07 Å². The molecular weight excluding hydrogens is 220 g/mol. The summed E-state index contributed by atoms with van der Waals surface area (Å²) in [7, 11) is 1.79. The minimum atomic E-state index is -0.447. The lowest BCUT2D eigenvalue weighted by Crippen LogP contribution is -1.92. The number of H-pyrrole nitrogens is 2. The summed E-state index contributed by atoms with van der Waals surface area (Å²) in [4.78, 5) is 20.9. The van der Waals surface area contributed by atoms with Gasteiger partial charge in [0.2, 0.25) is 0 Å². The Morgan fingerprint density at radius 1 is 1.35 bits per heavy atom. The first-order valence-electron chi connectivity index (χ1n) is 5.12. The Balaban J connectivity index is 2.13. The minimum Gasteiger partial charge on any atom is -0.408 e. The van der Waals surface area contributed by atoms with Crippen LogP contribution in [0.3, 0.4) is 0 Å². The lowest BCUT2D eigenvalue weighted by atomic mass is 10.1. The lowest BCUT2D eigenvalue weighted by molar-refractivity contribution is 0.555. The van der Waals surface area contributed by atoms with E-state index in [1.165, 1.54) is 0 Å². The number of aromatic nitrogens is 3. The van der Waals surface area contributed by atoms with E-state index < -0.39 is 5.76 Å². The fourth-order valence-corrected chi connectivity index (χ4v) is 1.71. The SMILES string of the molecule is CNc1ncc(-c2ccc3[nH]c(=O)oc3c2)[nH]1. The van der Waals surface area contributed by atoms with Gasteiger partial charge in [-0.15, -0.1) is 0 Å². The third-order valence-electron chi connectivity index (χ3n) is 2.54. The fourth-order valence-electron chi connectivity index (χ4n) is 1.71. The van der Waals surface area contributed by atoms with Crippen LogP contribution in [0.2, 0.25) is 0 Å². The smallest absolute Gasteiger partial charge is 0.408 e. The van der Waals surface area contributed by atoms with Gasteiger partial charge in [0.1, 0.15) is 0 Å². The highest BCUT2D eigenvalue weighted by Gasteiger charge is 2.06. The van der Waals surface area contributed by atoms with Gasteiger partial charge in [-0.3, -0.25) is 4.98 Å². The highest BCUT2D eigenvalue weighted by Crippen LogP contribution is 2.22. The minimum absolute atomic E-state index is 0.447. The van der Waals surface area contributed by atoms with Gasteiger partial charge in [0.15, 0.2) is 11.5 Å². The van der Waals surface area contributed by atoms with Crippen molar-refractivity contribution in [3.63, 3.8) is 0 Å². The zero-order chi connectivity index (χ0) is 11.8.